The van der Waals surface area contributed by atoms with Crippen molar-refractivity contribution < 1.29 is 0 Å². The van der Waals surface area contributed by atoms with E-state index in [1.165, 1.54) is 40.7 Å². The molecule has 3 rings (SSSR count). The van der Waals surface area contributed by atoms with E-state index in [-0.39, 0.29) is 10.8 Å². The molecule has 0 aliphatic heterocycles. The summed E-state index contributed by atoms with van der Waals surface area (Å²) in [6.07, 6.45) is 4.77. The maximum absolute atomic E-state index is 4.36. The van der Waals surface area contributed by atoms with Gasteiger partial charge >= 0.3 is 0 Å². The SMILES string of the molecule is C/C(=C\c1ccc(S)cc1)c1ccc2c(c1)C(C)(C)CCC2(C)C. The van der Waals surface area contributed by atoms with Crippen LogP contribution in [0.5, 0.6) is 0 Å². The fraction of sp³-hybridized carbons (Fsp3) is 0.391. The minimum atomic E-state index is 0.259. The Bertz CT molecular complexity index is 776. The third kappa shape index (κ3) is 3.32. The highest BCUT2D eigenvalue weighted by Gasteiger charge is 2.36. The van der Waals surface area contributed by atoms with Crippen molar-refractivity contribution in [3.05, 3.63) is 64.7 Å². The van der Waals surface area contributed by atoms with Crippen molar-refractivity contribution in [2.75, 3.05) is 0 Å². The Balaban J connectivity index is 2.03. The van der Waals surface area contributed by atoms with Gasteiger partial charge in [0, 0.05) is 4.90 Å². The smallest absolute Gasteiger partial charge is 0.00403 e. The Kier molecular flexibility index (Phi) is 4.42. The monoisotopic (exact) mass is 336 g/mol. The second kappa shape index (κ2) is 6.11. The molecule has 2 aromatic rings. The van der Waals surface area contributed by atoms with Gasteiger partial charge in [-0.3, -0.25) is 0 Å². The van der Waals surface area contributed by atoms with Gasteiger partial charge in [-0.05, 0) is 70.6 Å². The second-order valence-corrected chi connectivity index (χ2v) is 8.96. The first kappa shape index (κ1) is 17.4. The van der Waals surface area contributed by atoms with E-state index in [0.29, 0.717) is 0 Å². The van der Waals surface area contributed by atoms with Crippen molar-refractivity contribution in [3.63, 3.8) is 0 Å². The Morgan fingerprint density at radius 1 is 0.875 bits per heavy atom. The van der Waals surface area contributed by atoms with Gasteiger partial charge in [0.1, 0.15) is 0 Å². The molecule has 2 aromatic carbocycles. The predicted octanol–water partition coefficient (Wildman–Crippen LogP) is 6.88. The number of allylic oxidation sites excluding steroid dienone is 1. The highest BCUT2D eigenvalue weighted by atomic mass is 32.1. The molecule has 0 radical (unpaired) electrons. The lowest BCUT2D eigenvalue weighted by molar-refractivity contribution is 0.332. The summed E-state index contributed by atoms with van der Waals surface area (Å²) in [6.45, 7) is 11.7. The summed E-state index contributed by atoms with van der Waals surface area (Å²) in [5.41, 5.74) is 7.45. The lowest BCUT2D eigenvalue weighted by Crippen LogP contribution is -2.33. The van der Waals surface area contributed by atoms with Crippen LogP contribution in [0.3, 0.4) is 0 Å². The van der Waals surface area contributed by atoms with Crippen molar-refractivity contribution in [2.24, 2.45) is 0 Å². The summed E-state index contributed by atoms with van der Waals surface area (Å²) in [4.78, 5) is 1.00. The van der Waals surface area contributed by atoms with Gasteiger partial charge in [0.05, 0.1) is 0 Å². The van der Waals surface area contributed by atoms with E-state index in [2.05, 4.69) is 83.7 Å². The van der Waals surface area contributed by atoms with Crippen LogP contribution in [0.25, 0.3) is 11.6 Å². The Labute approximate surface area is 152 Å². The number of benzene rings is 2. The Hall–Kier alpha value is -1.47. The minimum Gasteiger partial charge on any atom is -0.143 e. The summed E-state index contributed by atoms with van der Waals surface area (Å²) >= 11 is 4.36. The van der Waals surface area contributed by atoms with E-state index >= 15 is 0 Å². The molecular weight excluding hydrogens is 308 g/mol. The summed E-state index contributed by atoms with van der Waals surface area (Å²) in [6, 6.07) is 15.4. The number of rotatable bonds is 2. The van der Waals surface area contributed by atoms with Crippen molar-refractivity contribution in [3.8, 4) is 0 Å². The molecule has 0 saturated heterocycles. The molecule has 0 unspecified atom stereocenters. The van der Waals surface area contributed by atoms with E-state index in [1.54, 1.807) is 0 Å². The molecule has 1 aliphatic carbocycles. The van der Waals surface area contributed by atoms with Crippen LogP contribution < -0.4 is 0 Å². The van der Waals surface area contributed by atoms with E-state index < -0.39 is 0 Å². The Morgan fingerprint density at radius 2 is 1.46 bits per heavy atom. The van der Waals surface area contributed by atoms with Crippen LogP contribution in [0, 0.1) is 0 Å². The van der Waals surface area contributed by atoms with Crippen LogP contribution >= 0.6 is 12.6 Å². The molecule has 1 aliphatic rings. The van der Waals surface area contributed by atoms with Gasteiger partial charge < -0.3 is 0 Å². The van der Waals surface area contributed by atoms with Crippen molar-refractivity contribution in [2.45, 2.75) is 63.2 Å². The maximum atomic E-state index is 4.36. The molecule has 0 spiro atoms. The van der Waals surface area contributed by atoms with Gasteiger partial charge in [0.2, 0.25) is 0 Å². The molecule has 126 valence electrons. The molecule has 0 heterocycles. The van der Waals surface area contributed by atoms with Crippen LogP contribution in [0.15, 0.2) is 47.4 Å². The molecule has 0 atom stereocenters. The first-order chi connectivity index (χ1) is 11.2. The van der Waals surface area contributed by atoms with Crippen LogP contribution in [0.4, 0.5) is 0 Å². The predicted molar refractivity (Wildman–Crippen MR) is 109 cm³/mol. The first-order valence-electron chi connectivity index (χ1n) is 8.82. The van der Waals surface area contributed by atoms with Gasteiger partial charge in [-0.2, -0.15) is 0 Å². The van der Waals surface area contributed by atoms with Crippen LogP contribution in [-0.4, -0.2) is 0 Å². The fourth-order valence-electron chi connectivity index (χ4n) is 3.74. The standard InChI is InChI=1S/C23H28S/c1-16(14-17-6-9-19(24)10-7-17)18-8-11-20-21(15-18)23(4,5)13-12-22(20,2)3/h6-11,14-15,24H,12-13H2,1-5H3/b16-14+. The van der Waals surface area contributed by atoms with Gasteiger partial charge in [0.15, 0.2) is 0 Å². The number of thiol groups is 1. The van der Waals surface area contributed by atoms with Gasteiger partial charge in [0.25, 0.3) is 0 Å². The number of fused-ring (bicyclic) bond motifs is 1. The third-order valence-electron chi connectivity index (χ3n) is 5.58. The van der Waals surface area contributed by atoms with E-state index in [4.69, 9.17) is 0 Å². The lowest BCUT2D eigenvalue weighted by atomic mass is 9.63. The van der Waals surface area contributed by atoms with Crippen LogP contribution in [0.1, 0.15) is 69.7 Å². The molecule has 0 amide bonds. The minimum absolute atomic E-state index is 0.259. The van der Waals surface area contributed by atoms with Gasteiger partial charge in [-0.15, -0.1) is 12.6 Å². The number of hydrogen-bond donors (Lipinski definition) is 1. The molecule has 0 fully saturated rings. The average molecular weight is 337 g/mol. The zero-order valence-electron chi connectivity index (χ0n) is 15.5. The van der Waals surface area contributed by atoms with Gasteiger partial charge in [-0.1, -0.05) is 64.1 Å². The van der Waals surface area contributed by atoms with E-state index in [1.807, 2.05) is 12.1 Å². The fourth-order valence-corrected chi connectivity index (χ4v) is 3.89. The topological polar surface area (TPSA) is 0 Å². The van der Waals surface area contributed by atoms with Gasteiger partial charge in [-0.25, -0.2) is 0 Å². The van der Waals surface area contributed by atoms with Crippen molar-refractivity contribution in [1.82, 2.24) is 0 Å². The maximum Gasteiger partial charge on any atom is 0.00403 e. The summed E-state index contributed by atoms with van der Waals surface area (Å²) in [5, 5.41) is 0. The van der Waals surface area contributed by atoms with Crippen molar-refractivity contribution in [1.29, 1.82) is 0 Å². The highest BCUT2D eigenvalue weighted by molar-refractivity contribution is 7.80. The molecule has 0 N–H and O–H groups in total. The molecular formula is C23H28S. The Morgan fingerprint density at radius 3 is 2.08 bits per heavy atom. The average Bonchev–Trinajstić information content (AvgIpc) is 2.54. The second-order valence-electron chi connectivity index (χ2n) is 8.45. The molecule has 24 heavy (non-hydrogen) atoms. The van der Waals surface area contributed by atoms with Crippen LogP contribution in [0.2, 0.25) is 0 Å². The normalized spacial score (nSPS) is 19.0. The third-order valence-corrected chi connectivity index (χ3v) is 5.88. The quantitative estimate of drug-likeness (QED) is 0.448. The van der Waals surface area contributed by atoms with Crippen molar-refractivity contribution >= 4 is 24.3 Å². The zero-order valence-corrected chi connectivity index (χ0v) is 16.4. The molecule has 0 bridgehead atoms. The largest absolute Gasteiger partial charge is 0.143 e. The molecule has 0 aromatic heterocycles. The lowest BCUT2D eigenvalue weighted by Gasteiger charge is -2.42. The molecule has 1 heteroatoms. The summed E-state index contributed by atoms with van der Waals surface area (Å²) in [7, 11) is 0. The summed E-state index contributed by atoms with van der Waals surface area (Å²) < 4.78 is 0. The van der Waals surface area contributed by atoms with E-state index in [0.717, 1.165) is 4.90 Å². The molecule has 0 nitrogen and oxygen atoms in total. The highest BCUT2D eigenvalue weighted by Crippen LogP contribution is 2.46. The number of hydrogen-bond acceptors (Lipinski definition) is 1. The van der Waals surface area contributed by atoms with Crippen LogP contribution in [-0.2, 0) is 10.8 Å². The summed E-state index contributed by atoms with van der Waals surface area (Å²) in [5.74, 6) is 0. The zero-order chi connectivity index (χ0) is 17.5. The molecule has 0 saturated carbocycles. The van der Waals surface area contributed by atoms with E-state index in [9.17, 15) is 0 Å². The first-order valence-corrected chi connectivity index (χ1v) is 9.26.